The lowest BCUT2D eigenvalue weighted by molar-refractivity contribution is -0.139. The van der Waals surface area contributed by atoms with E-state index in [-0.39, 0.29) is 12.3 Å². The summed E-state index contributed by atoms with van der Waals surface area (Å²) < 4.78 is 10.8. The Morgan fingerprint density at radius 3 is 2.42 bits per heavy atom. The smallest absolute Gasteiger partial charge is 0.306 e. The third-order valence-electron chi connectivity index (χ3n) is 3.87. The third kappa shape index (κ3) is 5.60. The van der Waals surface area contributed by atoms with Gasteiger partial charge in [0.15, 0.2) is 6.10 Å². The minimum atomic E-state index is -0.934. The van der Waals surface area contributed by atoms with Crippen LogP contribution in [0.5, 0.6) is 5.75 Å². The number of hydrogen-bond acceptors (Lipinski definition) is 4. The van der Waals surface area contributed by atoms with Crippen LogP contribution in [0.3, 0.4) is 0 Å². The summed E-state index contributed by atoms with van der Waals surface area (Å²) in [6, 6.07) is 14.4. The summed E-state index contributed by atoms with van der Waals surface area (Å²) >= 11 is 0. The van der Waals surface area contributed by atoms with Gasteiger partial charge in [0, 0.05) is 12.8 Å². The quantitative estimate of drug-likeness (QED) is 0.754. The molecule has 0 bridgehead atoms. The predicted octanol–water partition coefficient (Wildman–Crippen LogP) is 3.56. The minimum Gasteiger partial charge on any atom is -0.481 e. The van der Waals surface area contributed by atoms with E-state index in [1.807, 2.05) is 25.1 Å². The van der Waals surface area contributed by atoms with E-state index in [1.54, 1.807) is 37.3 Å². The van der Waals surface area contributed by atoms with Gasteiger partial charge in [-0.2, -0.15) is 0 Å². The van der Waals surface area contributed by atoms with Crippen molar-refractivity contribution in [3.05, 3.63) is 59.7 Å². The Balaban J connectivity index is 1.97. The Hall–Kier alpha value is -2.86. The summed E-state index contributed by atoms with van der Waals surface area (Å²) in [5.74, 6) is -0.566. The summed E-state index contributed by atoms with van der Waals surface area (Å²) in [6.07, 6.45) is -1.31. The van der Waals surface area contributed by atoms with Crippen LogP contribution in [0.2, 0.25) is 0 Å². The Kier molecular flexibility index (Phi) is 6.74. The summed E-state index contributed by atoms with van der Waals surface area (Å²) in [5, 5.41) is 11.7. The lowest BCUT2D eigenvalue weighted by atomic mass is 10.1. The fourth-order valence-electron chi connectivity index (χ4n) is 2.47. The summed E-state index contributed by atoms with van der Waals surface area (Å²) in [7, 11) is 1.47. The molecule has 0 aliphatic rings. The van der Waals surface area contributed by atoms with Crippen molar-refractivity contribution in [3.63, 3.8) is 0 Å². The molecule has 0 heterocycles. The molecule has 0 aromatic heterocycles. The van der Waals surface area contributed by atoms with E-state index in [9.17, 15) is 9.59 Å². The summed E-state index contributed by atoms with van der Waals surface area (Å²) in [6.45, 7) is 3.64. The number of carboxylic acid groups (broad SMARTS) is 1. The van der Waals surface area contributed by atoms with Crippen LogP contribution < -0.4 is 10.1 Å². The van der Waals surface area contributed by atoms with Gasteiger partial charge in [0.2, 0.25) is 0 Å². The van der Waals surface area contributed by atoms with Crippen molar-refractivity contribution in [1.82, 2.24) is 0 Å². The average molecular weight is 357 g/mol. The number of carboxylic acids is 1. The standard InChI is InChI=1S/C20H23NO5/c1-13-5-4-6-17(11-13)26-14(2)20(24)21-16-9-7-15(8-10-16)18(25-3)12-19(22)23/h4-11,14,18H,12H2,1-3H3,(H,21,24)(H,22,23)/t14-,18-/m1/s1. The van der Waals surface area contributed by atoms with Crippen molar-refractivity contribution in [2.75, 3.05) is 12.4 Å². The van der Waals surface area contributed by atoms with Gasteiger partial charge >= 0.3 is 5.97 Å². The molecule has 1 amide bonds. The molecule has 138 valence electrons. The molecule has 2 aromatic rings. The van der Waals surface area contributed by atoms with Crippen LogP contribution in [-0.2, 0) is 14.3 Å². The maximum atomic E-state index is 12.3. The number of hydrogen-bond donors (Lipinski definition) is 2. The third-order valence-corrected chi connectivity index (χ3v) is 3.87. The van der Waals surface area contributed by atoms with Gasteiger partial charge in [0.1, 0.15) is 5.75 Å². The molecule has 2 rings (SSSR count). The number of aryl methyl sites for hydroxylation is 1. The maximum Gasteiger partial charge on any atom is 0.306 e. The number of carbonyl (C=O) groups excluding carboxylic acids is 1. The number of amides is 1. The van der Waals surface area contributed by atoms with Gasteiger partial charge in [-0.1, -0.05) is 24.3 Å². The molecular weight excluding hydrogens is 334 g/mol. The van der Waals surface area contributed by atoms with Gasteiger partial charge in [-0.15, -0.1) is 0 Å². The molecule has 0 aliphatic heterocycles. The van der Waals surface area contributed by atoms with E-state index < -0.39 is 18.2 Å². The Bertz CT molecular complexity index is 757. The highest BCUT2D eigenvalue weighted by Crippen LogP contribution is 2.22. The molecule has 0 spiro atoms. The van der Waals surface area contributed by atoms with E-state index in [0.29, 0.717) is 11.4 Å². The van der Waals surface area contributed by atoms with Gasteiger partial charge in [0.25, 0.3) is 5.91 Å². The van der Waals surface area contributed by atoms with Crippen LogP contribution in [0.25, 0.3) is 0 Å². The largest absolute Gasteiger partial charge is 0.481 e. The second-order valence-electron chi connectivity index (χ2n) is 6.01. The normalized spacial score (nSPS) is 12.9. The first-order valence-corrected chi connectivity index (χ1v) is 8.27. The van der Waals surface area contributed by atoms with Crippen LogP contribution >= 0.6 is 0 Å². The summed E-state index contributed by atoms with van der Waals surface area (Å²) in [5.41, 5.74) is 2.39. The van der Waals surface area contributed by atoms with Crippen LogP contribution in [0.4, 0.5) is 5.69 Å². The second kappa shape index (κ2) is 9.01. The van der Waals surface area contributed by atoms with E-state index >= 15 is 0 Å². The number of methoxy groups -OCH3 is 1. The number of nitrogens with one attached hydrogen (secondary N) is 1. The van der Waals surface area contributed by atoms with Gasteiger partial charge in [-0.3, -0.25) is 9.59 Å². The van der Waals surface area contributed by atoms with Gasteiger partial charge in [0.05, 0.1) is 12.5 Å². The highest BCUT2D eigenvalue weighted by atomic mass is 16.5. The van der Waals surface area contributed by atoms with E-state index in [4.69, 9.17) is 14.6 Å². The molecule has 2 atom stereocenters. The first kappa shape index (κ1) is 19.5. The Morgan fingerprint density at radius 1 is 1.15 bits per heavy atom. The number of benzene rings is 2. The van der Waals surface area contributed by atoms with Crippen molar-refractivity contribution in [1.29, 1.82) is 0 Å². The molecule has 0 saturated heterocycles. The number of carbonyl (C=O) groups is 2. The molecule has 26 heavy (non-hydrogen) atoms. The van der Waals surface area contributed by atoms with E-state index in [0.717, 1.165) is 11.1 Å². The number of ether oxygens (including phenoxy) is 2. The zero-order valence-electron chi connectivity index (χ0n) is 15.1. The molecule has 2 aromatic carbocycles. The van der Waals surface area contributed by atoms with Crippen molar-refractivity contribution < 1.29 is 24.2 Å². The number of aliphatic carboxylic acids is 1. The number of anilines is 1. The zero-order chi connectivity index (χ0) is 19.1. The van der Waals surface area contributed by atoms with Gasteiger partial charge < -0.3 is 19.9 Å². The predicted molar refractivity (Wildman–Crippen MR) is 98.3 cm³/mol. The molecule has 6 heteroatoms. The van der Waals surface area contributed by atoms with Crippen molar-refractivity contribution >= 4 is 17.6 Å². The first-order chi connectivity index (χ1) is 12.4. The lowest BCUT2D eigenvalue weighted by Crippen LogP contribution is -2.30. The monoisotopic (exact) mass is 357 g/mol. The Morgan fingerprint density at radius 2 is 1.85 bits per heavy atom. The SMILES string of the molecule is CO[C@H](CC(=O)O)c1ccc(NC(=O)[C@@H](C)Oc2cccc(C)c2)cc1. The molecule has 2 N–H and O–H groups in total. The summed E-state index contributed by atoms with van der Waals surface area (Å²) in [4.78, 5) is 23.1. The van der Waals surface area contributed by atoms with E-state index in [1.165, 1.54) is 7.11 Å². The topological polar surface area (TPSA) is 84.9 Å². The molecular formula is C20H23NO5. The Labute approximate surface area is 152 Å². The van der Waals surface area contributed by atoms with E-state index in [2.05, 4.69) is 5.32 Å². The highest BCUT2D eigenvalue weighted by Gasteiger charge is 2.17. The molecule has 0 unspecified atom stereocenters. The highest BCUT2D eigenvalue weighted by molar-refractivity contribution is 5.94. The molecule has 0 fully saturated rings. The van der Waals surface area contributed by atoms with Gasteiger partial charge in [-0.25, -0.2) is 0 Å². The number of rotatable bonds is 8. The van der Waals surface area contributed by atoms with Crippen LogP contribution in [0.15, 0.2) is 48.5 Å². The minimum absolute atomic E-state index is 0.121. The lowest BCUT2D eigenvalue weighted by Gasteiger charge is -2.16. The fourth-order valence-corrected chi connectivity index (χ4v) is 2.47. The maximum absolute atomic E-state index is 12.3. The van der Waals surface area contributed by atoms with Gasteiger partial charge in [-0.05, 0) is 49.2 Å². The molecule has 0 radical (unpaired) electrons. The molecule has 0 saturated carbocycles. The van der Waals surface area contributed by atoms with Crippen LogP contribution in [0.1, 0.15) is 30.6 Å². The molecule has 6 nitrogen and oxygen atoms in total. The zero-order valence-corrected chi connectivity index (χ0v) is 15.1. The van der Waals surface area contributed by atoms with Crippen LogP contribution in [0, 0.1) is 6.92 Å². The fraction of sp³-hybridized carbons (Fsp3) is 0.300. The second-order valence-corrected chi connectivity index (χ2v) is 6.01. The first-order valence-electron chi connectivity index (χ1n) is 8.27. The van der Waals surface area contributed by atoms with Crippen molar-refractivity contribution in [2.45, 2.75) is 32.5 Å². The van der Waals surface area contributed by atoms with Crippen molar-refractivity contribution in [2.24, 2.45) is 0 Å². The van der Waals surface area contributed by atoms with Crippen LogP contribution in [-0.4, -0.2) is 30.2 Å². The molecule has 0 aliphatic carbocycles. The average Bonchev–Trinajstić information content (AvgIpc) is 2.60. The van der Waals surface area contributed by atoms with Crippen molar-refractivity contribution in [3.8, 4) is 5.75 Å².